The van der Waals surface area contributed by atoms with E-state index in [1.165, 1.54) is 25.7 Å². The number of hydrogen-bond acceptors (Lipinski definition) is 0. The van der Waals surface area contributed by atoms with Crippen molar-refractivity contribution in [3.8, 4) is 0 Å². The van der Waals surface area contributed by atoms with E-state index in [2.05, 4.69) is 82.2 Å². The van der Waals surface area contributed by atoms with Crippen LogP contribution < -0.4 is 0 Å². The average Bonchev–Trinajstić information content (AvgIpc) is 3.77. The van der Waals surface area contributed by atoms with Gasteiger partial charge in [0.2, 0.25) is 0 Å². The molecule has 9 aliphatic carbocycles. The minimum atomic E-state index is -0.750. The Balaban J connectivity index is 0.000000129. The number of allylic oxidation sites excluding steroid dienone is 12. The highest BCUT2D eigenvalue weighted by Gasteiger charge is 2.64. The Morgan fingerprint density at radius 3 is 1.78 bits per heavy atom. The molecule has 0 aromatic carbocycles. The lowest BCUT2D eigenvalue weighted by molar-refractivity contribution is 0.121. The van der Waals surface area contributed by atoms with Gasteiger partial charge in [0.1, 0.15) is 0 Å². The van der Waals surface area contributed by atoms with Gasteiger partial charge in [-0.2, -0.15) is 0 Å². The maximum absolute atomic E-state index is 6.21. The fourth-order valence-electron chi connectivity index (χ4n) is 9.59. The van der Waals surface area contributed by atoms with Crippen LogP contribution in [0.4, 0.5) is 0 Å². The van der Waals surface area contributed by atoms with Gasteiger partial charge in [0.15, 0.2) is 0 Å². The second kappa shape index (κ2) is 13.7. The monoisotopic (exact) mass is 546 g/mol. The van der Waals surface area contributed by atoms with Gasteiger partial charge in [0.25, 0.3) is 0 Å². The molecule has 4 fully saturated rings. The molecule has 0 radical (unpaired) electrons. The molecule has 0 heterocycles. The molecule has 3 heteroatoms. The fourth-order valence-corrected chi connectivity index (χ4v) is 9.59. The molecule has 0 aliphatic heterocycles. The normalized spacial score (nSPS) is 48.7. The highest BCUT2D eigenvalue weighted by molar-refractivity contribution is 7.15. The molecule has 6 bridgehead atoms. The third-order valence-corrected chi connectivity index (χ3v) is 10.5. The highest BCUT2D eigenvalue weighted by Crippen LogP contribution is 2.70. The Morgan fingerprint density at radius 1 is 0.639 bits per heavy atom. The van der Waals surface area contributed by atoms with E-state index in [9.17, 15) is 0 Å². The van der Waals surface area contributed by atoms with E-state index in [0.717, 1.165) is 77.4 Å². The summed E-state index contributed by atoms with van der Waals surface area (Å²) >= 11 is 0. The van der Waals surface area contributed by atoms with Gasteiger partial charge in [-0.3, -0.25) is 0 Å². The molecule has 9 aliphatic rings. The molecule has 0 spiro atoms. The molecule has 0 aromatic rings. The molecule has 0 aromatic heterocycles. The summed E-state index contributed by atoms with van der Waals surface area (Å²) in [4.78, 5) is 0. The van der Waals surface area contributed by atoms with E-state index in [-0.39, 0.29) is 0 Å². The van der Waals surface area contributed by atoms with E-state index >= 15 is 0 Å². The van der Waals surface area contributed by atoms with Crippen molar-refractivity contribution in [2.24, 2.45) is 71.0 Å². The molecule has 0 nitrogen and oxygen atoms in total. The molecule has 0 saturated heterocycles. The van der Waals surface area contributed by atoms with Crippen LogP contribution in [-0.4, -0.2) is 19.9 Å². The van der Waals surface area contributed by atoms with E-state index in [4.69, 9.17) is 6.85 Å². The first-order valence-corrected chi connectivity index (χ1v) is 16.1. The topological polar surface area (TPSA) is 0 Å². The van der Waals surface area contributed by atoms with Gasteiger partial charge in [-0.15, -0.1) is 27.7 Å². The van der Waals surface area contributed by atoms with Crippen molar-refractivity contribution < 1.29 is 6.85 Å². The Morgan fingerprint density at radius 2 is 1.17 bits per heavy atom. The Labute approximate surface area is 236 Å². The lowest BCUT2D eigenvalue weighted by Crippen LogP contribution is -2.34. The molecule has 0 N–H and O–H groups in total. The van der Waals surface area contributed by atoms with Crippen molar-refractivity contribution in [1.82, 2.24) is 0 Å². The largest absolute Gasteiger partial charge is 0.141 e. The van der Waals surface area contributed by atoms with Crippen LogP contribution in [0.5, 0.6) is 0 Å². The van der Waals surface area contributed by atoms with E-state index in [1.54, 1.807) is 6.42 Å². The number of rotatable bonds is 0. The van der Waals surface area contributed by atoms with Crippen LogP contribution in [0.3, 0.4) is 0 Å². The first kappa shape index (κ1) is 22.5. The molecule has 198 valence electrons. The summed E-state index contributed by atoms with van der Waals surface area (Å²) in [5, 5.41) is 0. The molecule has 16 unspecified atom stereocenters. The highest BCUT2D eigenvalue weighted by atomic mass is 31.0. The summed E-state index contributed by atoms with van der Waals surface area (Å²) in [6, 6.07) is 0. The van der Waals surface area contributed by atoms with E-state index in [0.29, 0.717) is 6.64 Å². The van der Waals surface area contributed by atoms with Crippen LogP contribution in [0, 0.1) is 71.0 Å². The second-order valence-electron chi connectivity index (χ2n) is 11.5. The fraction of sp³-hybridized carbons (Fsp3) is 0.636. The lowest BCUT2D eigenvalue weighted by Gasteiger charge is -2.38. The summed E-state index contributed by atoms with van der Waals surface area (Å²) < 4.78 is 31.0. The second-order valence-corrected chi connectivity index (χ2v) is 11.5. The van der Waals surface area contributed by atoms with Crippen molar-refractivity contribution >= 4 is 27.7 Å². The SMILES string of the molecule is C1=CC2C(C1)C1CC2C2C3C=CC(C3)C12.C1=CC2C3C=CC(C3)C2C1.C1=CCC=C1.[2H]C([2H])P.[2H]C([3H])P.[2H]CP. The van der Waals surface area contributed by atoms with Crippen LogP contribution in [-0.2, 0) is 0 Å². The minimum absolute atomic E-state index is 0.417. The van der Waals surface area contributed by atoms with Crippen molar-refractivity contribution in [3.63, 3.8) is 0 Å². The molecule has 0 amide bonds. The predicted octanol–water partition coefficient (Wildman–Crippen LogP) is 8.63. The van der Waals surface area contributed by atoms with Crippen molar-refractivity contribution in [1.29, 1.82) is 0 Å². The third kappa shape index (κ3) is 5.28. The van der Waals surface area contributed by atoms with Gasteiger partial charge in [0, 0.05) is 6.85 Å². The van der Waals surface area contributed by atoms with Gasteiger partial charge < -0.3 is 0 Å². The van der Waals surface area contributed by atoms with Crippen LogP contribution in [0.2, 0.25) is 0 Å². The minimum Gasteiger partial charge on any atom is -0.141 e. The molecule has 4 saturated carbocycles. The molecule has 16 atom stereocenters. The van der Waals surface area contributed by atoms with E-state index in [1.807, 2.05) is 18.5 Å². The number of fused-ring (bicyclic) bond motifs is 17. The average molecular weight is 547 g/mol. The molecular weight excluding hydrogens is 489 g/mol. The van der Waals surface area contributed by atoms with Gasteiger partial charge in [0.05, 0.1) is 0 Å². The van der Waals surface area contributed by atoms with Gasteiger partial charge in [-0.1, -0.05) is 92.8 Å². The lowest BCUT2D eigenvalue weighted by atomic mass is 9.66. The van der Waals surface area contributed by atoms with Gasteiger partial charge >= 0.3 is 0 Å². The summed E-state index contributed by atoms with van der Waals surface area (Å²) in [6.45, 7) is -1.08. The Kier molecular flexibility index (Phi) is 8.57. The quantitative estimate of drug-likeness (QED) is 0.162. The van der Waals surface area contributed by atoms with E-state index < -0.39 is 13.2 Å². The zero-order valence-corrected chi connectivity index (χ0v) is 25.2. The van der Waals surface area contributed by atoms with Crippen LogP contribution in [0.25, 0.3) is 0 Å². The first-order valence-electron chi connectivity index (χ1n) is 17.0. The standard InChI is InChI=1S/C15H18.C10H12.C5H6.3CH5P/c1-2-10-11(3-1)13-7-12(10)14-8-4-5-9(6-8)15(13)14;1-2-9-7-4-5-8(6-7)10(9)3-1;1-2-4-5-3-1;3*1-2/h1-2,4-5,8-15H,3,6-7H2;1-2,4-5,7-10H,3,6H2;1-4H,5H2;3*2H2,1H3/i;;;1TD;1D2;1D. The zero-order chi connectivity index (χ0) is 29.5. The molecular formula is C33H51P3. The summed E-state index contributed by atoms with van der Waals surface area (Å²) in [7, 11) is 6.23. The Hall–Kier alpha value is -0.270. The Bertz CT molecular complexity index is 983. The summed E-state index contributed by atoms with van der Waals surface area (Å²) in [5.74, 6) is 12.3. The van der Waals surface area contributed by atoms with Gasteiger partial charge in [-0.25, -0.2) is 0 Å². The van der Waals surface area contributed by atoms with Gasteiger partial charge in [-0.05, 0) is 110 Å². The van der Waals surface area contributed by atoms with Crippen LogP contribution in [0.1, 0.15) is 45.4 Å². The number of hydrogen-bond donors (Lipinski definition) is 0. The zero-order valence-electron chi connectivity index (χ0n) is 26.7. The molecule has 9 rings (SSSR count). The van der Waals surface area contributed by atoms with Crippen LogP contribution in [0.15, 0.2) is 72.9 Å². The van der Waals surface area contributed by atoms with Crippen molar-refractivity contribution in [2.75, 3.05) is 19.9 Å². The smallest absolute Gasteiger partial charge is 0.0274 e. The predicted molar refractivity (Wildman–Crippen MR) is 171 cm³/mol. The summed E-state index contributed by atoms with van der Waals surface area (Å²) in [5.41, 5.74) is 0. The molecule has 36 heavy (non-hydrogen) atoms. The maximum atomic E-state index is 6.21. The third-order valence-electron chi connectivity index (χ3n) is 10.5. The van der Waals surface area contributed by atoms with Crippen molar-refractivity contribution in [2.45, 2.75) is 38.5 Å². The van der Waals surface area contributed by atoms with Crippen LogP contribution >= 0.6 is 27.7 Å². The summed E-state index contributed by atoms with van der Waals surface area (Å²) in [6.07, 6.45) is 36.7. The maximum Gasteiger partial charge on any atom is 0.0274 e. The first-order chi connectivity index (χ1) is 19.8. The van der Waals surface area contributed by atoms with Crippen molar-refractivity contribution in [3.05, 3.63) is 72.9 Å².